The van der Waals surface area contributed by atoms with Gasteiger partial charge in [0.25, 0.3) is 0 Å². The fraction of sp³-hybridized carbons (Fsp3) is 0.357. The van der Waals surface area contributed by atoms with E-state index in [1.54, 1.807) is 0 Å². The topological polar surface area (TPSA) is 48.6 Å². The predicted octanol–water partition coefficient (Wildman–Crippen LogP) is 14.2. The maximum atomic E-state index is 7.06. The number of nitrogens with zero attached hydrogens (tertiary/aromatic N) is 3. The second-order valence-electron chi connectivity index (χ2n) is 19.8. The zero-order chi connectivity index (χ0) is 42.5. The molecule has 0 amide bonds. The van der Waals surface area contributed by atoms with Gasteiger partial charge < -0.3 is 14.0 Å². The Bertz CT molecular complexity index is 2900. The third kappa shape index (κ3) is 7.04. The number of aliphatic imine (C=N–C) groups is 1. The summed E-state index contributed by atoms with van der Waals surface area (Å²) >= 11 is 0. The minimum atomic E-state index is -0.246. The standard InChI is InChI=1S/C56H57N3O2.Pt/c1-32-23-35(4)48(36(5)24-32)39-26-40(54-58-50(37-17-13-11-14-18-37)52(61-54)38-19-15-12-16-20-38)28-42(27-39)60-47-31-46-43(25-34(47)3)44-29-41(55(6,7)8)30-45-51(44)59(46)53-49(56(45,9)10)33(2)21-22-57-53;/h12,15-16,19-27,29-30,37,50,52H,11,13-14,17-18H2,1-10H3;/q-2;+2/t50-,52?;/m1./s1. The van der Waals surface area contributed by atoms with E-state index < -0.39 is 0 Å². The van der Waals surface area contributed by atoms with E-state index >= 15 is 0 Å². The Morgan fingerprint density at radius 1 is 0.790 bits per heavy atom. The van der Waals surface area contributed by atoms with E-state index in [0.29, 0.717) is 23.3 Å². The van der Waals surface area contributed by atoms with Gasteiger partial charge in [-0.3, -0.25) is 4.99 Å². The molecule has 1 fully saturated rings. The summed E-state index contributed by atoms with van der Waals surface area (Å²) in [4.78, 5) is 10.5. The first-order valence-corrected chi connectivity index (χ1v) is 22.3. The molecule has 2 aliphatic heterocycles. The molecule has 0 saturated heterocycles. The Morgan fingerprint density at radius 2 is 1.52 bits per heavy atom. The van der Waals surface area contributed by atoms with Crippen LogP contribution in [0.25, 0.3) is 38.8 Å². The zero-order valence-electron chi connectivity index (χ0n) is 37.8. The molecule has 7 aromatic rings. The fourth-order valence-electron chi connectivity index (χ4n) is 10.9. The average Bonchev–Trinajstić information content (AvgIpc) is 3.80. The Hall–Kier alpha value is -4.99. The number of hydrogen-bond donors (Lipinski definition) is 0. The molecule has 10 rings (SSSR count). The smallest absolute Gasteiger partial charge is 0.510 e. The molecule has 0 bridgehead atoms. The maximum absolute atomic E-state index is 7.06. The number of pyridine rings is 1. The number of benzene rings is 5. The van der Waals surface area contributed by atoms with Crippen molar-refractivity contribution < 1.29 is 30.5 Å². The molecule has 62 heavy (non-hydrogen) atoms. The molecule has 0 radical (unpaired) electrons. The van der Waals surface area contributed by atoms with Gasteiger partial charge in [0.1, 0.15) is 17.8 Å². The van der Waals surface area contributed by atoms with Crippen LogP contribution in [0.15, 0.2) is 90.1 Å². The van der Waals surface area contributed by atoms with Crippen LogP contribution in [0.4, 0.5) is 0 Å². The number of hydrogen-bond acceptors (Lipinski definition) is 4. The summed E-state index contributed by atoms with van der Waals surface area (Å²) in [7, 11) is 0. The van der Waals surface area contributed by atoms with Crippen molar-refractivity contribution in [3.63, 3.8) is 0 Å². The summed E-state index contributed by atoms with van der Waals surface area (Å²) in [5.74, 6) is 3.35. The van der Waals surface area contributed by atoms with Crippen molar-refractivity contribution in [2.45, 2.75) is 124 Å². The molecular weight excluding hydrogens is 942 g/mol. The number of rotatable bonds is 6. The first kappa shape index (κ1) is 42.3. The van der Waals surface area contributed by atoms with Crippen LogP contribution in [0.2, 0.25) is 0 Å². The average molecular weight is 999 g/mol. The van der Waals surface area contributed by atoms with Gasteiger partial charge in [-0.25, -0.2) is 4.98 Å². The molecule has 1 aliphatic carbocycles. The van der Waals surface area contributed by atoms with Crippen molar-refractivity contribution in [1.29, 1.82) is 0 Å². The van der Waals surface area contributed by atoms with Gasteiger partial charge in [-0.15, -0.1) is 23.1 Å². The van der Waals surface area contributed by atoms with Crippen LogP contribution in [0.5, 0.6) is 11.5 Å². The third-order valence-corrected chi connectivity index (χ3v) is 13.9. The number of aromatic nitrogens is 2. The Morgan fingerprint density at radius 3 is 2.23 bits per heavy atom. The van der Waals surface area contributed by atoms with Crippen LogP contribution >= 0.6 is 0 Å². The van der Waals surface area contributed by atoms with Crippen molar-refractivity contribution in [3.8, 4) is 28.4 Å². The molecular formula is C56H57N3O2Pt. The van der Waals surface area contributed by atoms with E-state index in [2.05, 4.69) is 165 Å². The van der Waals surface area contributed by atoms with Crippen molar-refractivity contribution in [1.82, 2.24) is 9.55 Å². The van der Waals surface area contributed by atoms with Crippen LogP contribution in [0.3, 0.4) is 0 Å². The van der Waals surface area contributed by atoms with Crippen LogP contribution in [-0.4, -0.2) is 21.5 Å². The van der Waals surface area contributed by atoms with Crippen LogP contribution in [0.1, 0.15) is 128 Å². The summed E-state index contributed by atoms with van der Waals surface area (Å²) in [6.07, 6.45) is 7.94. The number of fused-ring (bicyclic) bond motifs is 5. The monoisotopic (exact) mass is 998 g/mol. The summed E-state index contributed by atoms with van der Waals surface area (Å²) in [6, 6.07) is 36.3. The van der Waals surface area contributed by atoms with E-state index in [-0.39, 0.29) is 44.0 Å². The van der Waals surface area contributed by atoms with Gasteiger partial charge in [0.15, 0.2) is 0 Å². The predicted molar refractivity (Wildman–Crippen MR) is 250 cm³/mol. The third-order valence-electron chi connectivity index (χ3n) is 13.9. The van der Waals surface area contributed by atoms with Crippen LogP contribution < -0.4 is 4.74 Å². The second-order valence-corrected chi connectivity index (χ2v) is 19.8. The largest absolute Gasteiger partial charge is 2.00 e. The van der Waals surface area contributed by atoms with E-state index in [0.717, 1.165) is 33.4 Å². The second kappa shape index (κ2) is 15.7. The van der Waals surface area contributed by atoms with E-state index in [4.69, 9.17) is 19.5 Å². The van der Waals surface area contributed by atoms with E-state index in [9.17, 15) is 0 Å². The summed E-state index contributed by atoms with van der Waals surface area (Å²) < 4.78 is 16.4. The van der Waals surface area contributed by atoms with Crippen molar-refractivity contribution >= 4 is 27.7 Å². The minimum Gasteiger partial charge on any atom is -0.510 e. The Kier molecular flexibility index (Phi) is 10.7. The molecule has 5 aromatic carbocycles. The van der Waals surface area contributed by atoms with Crippen molar-refractivity contribution in [3.05, 3.63) is 153 Å². The van der Waals surface area contributed by atoms with Gasteiger partial charge in [-0.05, 0) is 102 Å². The summed E-state index contributed by atoms with van der Waals surface area (Å²) in [6.45, 7) is 22.5. The first-order chi connectivity index (χ1) is 29.2. The van der Waals surface area contributed by atoms with Crippen LogP contribution in [-0.2, 0) is 36.6 Å². The van der Waals surface area contributed by atoms with Gasteiger partial charge in [0.2, 0.25) is 0 Å². The van der Waals surface area contributed by atoms with Gasteiger partial charge >= 0.3 is 21.1 Å². The molecule has 5 nitrogen and oxygen atoms in total. The van der Waals surface area contributed by atoms with Crippen molar-refractivity contribution in [2.24, 2.45) is 10.9 Å². The summed E-state index contributed by atoms with van der Waals surface area (Å²) in [5.41, 5.74) is 15.9. The Labute approximate surface area is 382 Å². The zero-order valence-corrected chi connectivity index (χ0v) is 40.1. The molecule has 1 unspecified atom stereocenters. The maximum Gasteiger partial charge on any atom is 2.00 e. The minimum absolute atomic E-state index is 0. The molecule has 2 atom stereocenters. The van der Waals surface area contributed by atoms with Crippen LogP contribution in [0, 0.1) is 52.7 Å². The van der Waals surface area contributed by atoms with Gasteiger partial charge in [-0.1, -0.05) is 150 Å². The van der Waals surface area contributed by atoms with Gasteiger partial charge in [0.05, 0.1) is 6.04 Å². The molecule has 1 saturated carbocycles. The van der Waals surface area contributed by atoms with E-state index in [1.165, 1.54) is 93.1 Å². The Balaban J connectivity index is 0.00000490. The normalized spacial score (nSPS) is 18.3. The molecule has 0 N–H and O–H groups in total. The van der Waals surface area contributed by atoms with E-state index in [1.807, 2.05) is 6.20 Å². The molecule has 3 aliphatic rings. The number of ether oxygens (including phenoxy) is 2. The quantitative estimate of drug-likeness (QED) is 0.156. The number of aryl methyl sites for hydroxylation is 5. The van der Waals surface area contributed by atoms with Gasteiger partial charge in [-0.2, -0.15) is 6.07 Å². The summed E-state index contributed by atoms with van der Waals surface area (Å²) in [5, 5.41) is 2.38. The molecule has 4 heterocycles. The van der Waals surface area contributed by atoms with Gasteiger partial charge in [0, 0.05) is 34.2 Å². The molecule has 2 aromatic heterocycles. The molecule has 318 valence electrons. The molecule has 6 heteroatoms. The first-order valence-electron chi connectivity index (χ1n) is 22.3. The molecule has 0 spiro atoms. The SMILES string of the molecule is Cc1cc(C)c(-c2cc(Oc3[c-]c4c(cc3C)c3cc(C(C)(C)C)cc5c3n4-c3nccc(C)c3C5(C)C)[c-]c(C3=N[C@H](C4CCCCC4)C(c4ccccc4)O3)c2)c(C)c1.[Pt+2]. The fourth-order valence-corrected chi connectivity index (χ4v) is 10.9. The van der Waals surface area contributed by atoms with Crippen molar-refractivity contribution in [2.75, 3.05) is 0 Å².